The highest BCUT2D eigenvalue weighted by molar-refractivity contribution is 9.10. The summed E-state index contributed by atoms with van der Waals surface area (Å²) in [6.07, 6.45) is 5.17. The fourth-order valence-corrected chi connectivity index (χ4v) is 2.52. The van der Waals surface area contributed by atoms with Gasteiger partial charge in [0.25, 0.3) is 0 Å². The summed E-state index contributed by atoms with van der Waals surface area (Å²) in [6.45, 7) is 1.01. The van der Waals surface area contributed by atoms with Crippen molar-refractivity contribution < 1.29 is 4.52 Å². The van der Waals surface area contributed by atoms with Crippen LogP contribution in [0.25, 0.3) is 11.5 Å². The van der Waals surface area contributed by atoms with Gasteiger partial charge >= 0.3 is 0 Å². The Balaban J connectivity index is 1.87. The maximum absolute atomic E-state index is 5.33. The van der Waals surface area contributed by atoms with Crippen molar-refractivity contribution in [1.82, 2.24) is 20.4 Å². The van der Waals surface area contributed by atoms with Crippen LogP contribution in [-0.4, -0.2) is 21.7 Å². The molecule has 0 aliphatic carbocycles. The highest BCUT2D eigenvalue weighted by Gasteiger charge is 2.22. The first-order valence-corrected chi connectivity index (χ1v) is 6.82. The molecule has 1 N–H and O–H groups in total. The highest BCUT2D eigenvalue weighted by Crippen LogP contribution is 2.26. The number of hydrogen-bond acceptors (Lipinski definition) is 5. The molecule has 0 spiro atoms. The zero-order valence-electron chi connectivity index (χ0n) is 9.77. The number of aromatic nitrogens is 3. The van der Waals surface area contributed by atoms with E-state index in [1.54, 1.807) is 6.20 Å². The third-order valence-corrected chi connectivity index (χ3v) is 3.66. The average molecular weight is 309 g/mol. The normalized spacial score (nSPS) is 19.9. The van der Waals surface area contributed by atoms with Crippen LogP contribution >= 0.6 is 15.9 Å². The van der Waals surface area contributed by atoms with Gasteiger partial charge in [-0.2, -0.15) is 4.98 Å². The van der Waals surface area contributed by atoms with Crippen molar-refractivity contribution in [1.29, 1.82) is 0 Å². The van der Waals surface area contributed by atoms with E-state index in [-0.39, 0.29) is 6.04 Å². The predicted molar refractivity (Wildman–Crippen MR) is 69.8 cm³/mol. The van der Waals surface area contributed by atoms with Crippen LogP contribution in [0.3, 0.4) is 0 Å². The monoisotopic (exact) mass is 308 g/mol. The molecule has 1 atom stereocenters. The Hall–Kier alpha value is -1.27. The lowest BCUT2D eigenvalue weighted by Gasteiger charge is -2.19. The molecule has 2 aromatic rings. The Kier molecular flexibility index (Phi) is 3.38. The van der Waals surface area contributed by atoms with E-state index in [1.165, 1.54) is 12.8 Å². The zero-order valence-corrected chi connectivity index (χ0v) is 11.4. The second-order valence-electron chi connectivity index (χ2n) is 4.29. The number of pyridine rings is 1. The summed E-state index contributed by atoms with van der Waals surface area (Å²) in [5.74, 6) is 1.19. The number of nitrogens with one attached hydrogen (secondary N) is 1. The molecule has 0 aromatic carbocycles. The molecule has 6 heteroatoms. The largest absolute Gasteiger partial charge is 0.337 e. The molecule has 0 bridgehead atoms. The molecule has 3 rings (SSSR count). The van der Waals surface area contributed by atoms with Crippen LogP contribution in [0.1, 0.15) is 31.2 Å². The van der Waals surface area contributed by atoms with Crippen LogP contribution < -0.4 is 5.32 Å². The molecular formula is C12H13BrN4O. The van der Waals surface area contributed by atoms with E-state index in [0.717, 1.165) is 17.4 Å². The number of halogens is 1. The van der Waals surface area contributed by atoms with E-state index >= 15 is 0 Å². The second-order valence-corrected chi connectivity index (χ2v) is 5.15. The average Bonchev–Trinajstić information content (AvgIpc) is 2.90. The second kappa shape index (κ2) is 5.16. The molecule has 1 unspecified atom stereocenters. The summed E-state index contributed by atoms with van der Waals surface area (Å²) < 4.78 is 6.20. The maximum Gasteiger partial charge on any atom is 0.244 e. The highest BCUT2D eigenvalue weighted by atomic mass is 79.9. The van der Waals surface area contributed by atoms with Gasteiger partial charge in [0, 0.05) is 10.7 Å². The molecule has 18 heavy (non-hydrogen) atoms. The standard InChI is InChI=1S/C12H13BrN4O/c13-8-4-3-7-15-10(8)11-16-12(18-17-11)9-5-1-2-6-14-9/h3-4,7,9,14H,1-2,5-6H2. The third-order valence-electron chi connectivity index (χ3n) is 3.02. The van der Waals surface area contributed by atoms with Crippen molar-refractivity contribution in [3.05, 3.63) is 28.7 Å². The Morgan fingerprint density at radius 2 is 2.33 bits per heavy atom. The van der Waals surface area contributed by atoms with Gasteiger partial charge in [0.05, 0.1) is 6.04 Å². The third kappa shape index (κ3) is 2.30. The van der Waals surface area contributed by atoms with Crippen molar-refractivity contribution in [2.75, 3.05) is 6.54 Å². The molecule has 94 valence electrons. The fourth-order valence-electron chi connectivity index (χ4n) is 2.09. The van der Waals surface area contributed by atoms with Gasteiger partial charge in [0.15, 0.2) is 0 Å². The smallest absolute Gasteiger partial charge is 0.244 e. The molecule has 2 aromatic heterocycles. The van der Waals surface area contributed by atoms with Gasteiger partial charge in [-0.05, 0) is 47.4 Å². The molecule has 3 heterocycles. The first kappa shape index (κ1) is 11.8. The molecular weight excluding hydrogens is 296 g/mol. The number of rotatable bonds is 2. The van der Waals surface area contributed by atoms with Crippen LogP contribution in [0, 0.1) is 0 Å². The minimum Gasteiger partial charge on any atom is -0.337 e. The molecule has 5 nitrogen and oxygen atoms in total. The molecule has 1 saturated heterocycles. The van der Waals surface area contributed by atoms with Gasteiger partial charge in [0.1, 0.15) is 5.69 Å². The Bertz CT molecular complexity index is 536. The molecule has 0 radical (unpaired) electrons. The van der Waals surface area contributed by atoms with E-state index < -0.39 is 0 Å². The lowest BCUT2D eigenvalue weighted by molar-refractivity contribution is 0.297. The van der Waals surface area contributed by atoms with Crippen molar-refractivity contribution >= 4 is 15.9 Å². The van der Waals surface area contributed by atoms with Crippen molar-refractivity contribution in [3.8, 4) is 11.5 Å². The number of hydrogen-bond donors (Lipinski definition) is 1. The van der Waals surface area contributed by atoms with Gasteiger partial charge in [-0.25, -0.2) is 0 Å². The molecule has 0 amide bonds. The first-order chi connectivity index (χ1) is 8.84. The number of nitrogens with zero attached hydrogens (tertiary/aromatic N) is 3. The SMILES string of the molecule is Brc1cccnc1-c1noc(C2CCCCN2)n1. The lowest BCUT2D eigenvalue weighted by Crippen LogP contribution is -2.26. The maximum atomic E-state index is 5.33. The summed E-state index contributed by atoms with van der Waals surface area (Å²) in [5, 5.41) is 7.39. The van der Waals surface area contributed by atoms with Crippen LogP contribution in [0.4, 0.5) is 0 Å². The number of piperidine rings is 1. The fraction of sp³-hybridized carbons (Fsp3) is 0.417. The Labute approximate surface area is 113 Å². The minimum atomic E-state index is 0.183. The minimum absolute atomic E-state index is 0.183. The summed E-state index contributed by atoms with van der Waals surface area (Å²) in [4.78, 5) is 8.69. The van der Waals surface area contributed by atoms with E-state index in [0.29, 0.717) is 17.4 Å². The van der Waals surface area contributed by atoms with Crippen LogP contribution in [-0.2, 0) is 0 Å². The molecule has 0 saturated carbocycles. The van der Waals surface area contributed by atoms with Crippen LogP contribution in [0.2, 0.25) is 0 Å². The van der Waals surface area contributed by atoms with Crippen molar-refractivity contribution in [2.45, 2.75) is 25.3 Å². The lowest BCUT2D eigenvalue weighted by atomic mass is 10.1. The van der Waals surface area contributed by atoms with E-state index in [2.05, 4.69) is 36.4 Å². The van der Waals surface area contributed by atoms with Crippen LogP contribution in [0.5, 0.6) is 0 Å². The van der Waals surface area contributed by atoms with E-state index in [4.69, 9.17) is 4.52 Å². The van der Waals surface area contributed by atoms with E-state index in [9.17, 15) is 0 Å². The van der Waals surface area contributed by atoms with Gasteiger partial charge in [-0.3, -0.25) is 4.98 Å². The predicted octanol–water partition coefficient (Wildman–Crippen LogP) is 2.71. The summed E-state index contributed by atoms with van der Waals surface area (Å²) in [7, 11) is 0. The molecule has 1 aliphatic rings. The van der Waals surface area contributed by atoms with Gasteiger partial charge in [0.2, 0.25) is 11.7 Å². The van der Waals surface area contributed by atoms with Gasteiger partial charge < -0.3 is 9.84 Å². The quantitative estimate of drug-likeness (QED) is 0.924. The van der Waals surface area contributed by atoms with Gasteiger partial charge in [-0.1, -0.05) is 11.6 Å². The molecule has 1 fully saturated rings. The summed E-state index contributed by atoms with van der Waals surface area (Å²) in [5.41, 5.74) is 0.711. The van der Waals surface area contributed by atoms with Crippen LogP contribution in [0.15, 0.2) is 27.3 Å². The summed E-state index contributed by atoms with van der Waals surface area (Å²) in [6, 6.07) is 3.96. The zero-order chi connectivity index (χ0) is 12.4. The summed E-state index contributed by atoms with van der Waals surface area (Å²) >= 11 is 3.44. The van der Waals surface area contributed by atoms with E-state index in [1.807, 2.05) is 12.1 Å². The van der Waals surface area contributed by atoms with Crippen molar-refractivity contribution in [3.63, 3.8) is 0 Å². The Morgan fingerprint density at radius 1 is 1.39 bits per heavy atom. The van der Waals surface area contributed by atoms with Gasteiger partial charge in [-0.15, -0.1) is 0 Å². The topological polar surface area (TPSA) is 63.8 Å². The first-order valence-electron chi connectivity index (χ1n) is 6.02. The Morgan fingerprint density at radius 3 is 3.11 bits per heavy atom. The molecule has 1 aliphatic heterocycles. The van der Waals surface area contributed by atoms with Crippen molar-refractivity contribution in [2.24, 2.45) is 0 Å².